The molecule has 3 rings (SSSR count). The Labute approximate surface area is 112 Å². The van der Waals surface area contributed by atoms with Crippen molar-refractivity contribution >= 4 is 34.8 Å². The number of carbonyl (C=O) groups is 1. The number of carbonyl (C=O) groups excluding carboxylic acids is 1. The number of hydrogen-bond acceptors (Lipinski definition) is 4. The summed E-state index contributed by atoms with van der Waals surface area (Å²) >= 11 is 0.871. The van der Waals surface area contributed by atoms with Crippen LogP contribution >= 0.6 is 11.3 Å². The first-order valence-electron chi connectivity index (χ1n) is 5.61. The summed E-state index contributed by atoms with van der Waals surface area (Å²) in [7, 11) is 0. The van der Waals surface area contributed by atoms with E-state index < -0.39 is 0 Å². The number of fused-ring (bicyclic) bond motifs is 1. The predicted octanol–water partition coefficient (Wildman–Crippen LogP) is 2.28. The smallest absolute Gasteiger partial charge is 0.307 e. The summed E-state index contributed by atoms with van der Waals surface area (Å²) in [5, 5.41) is 9.58. The van der Waals surface area contributed by atoms with Crippen molar-refractivity contribution in [2.24, 2.45) is 0 Å². The highest BCUT2D eigenvalue weighted by Gasteiger charge is 2.18. The van der Waals surface area contributed by atoms with Crippen LogP contribution in [0.15, 0.2) is 35.1 Å². The fourth-order valence-corrected chi connectivity index (χ4v) is 2.66. The van der Waals surface area contributed by atoms with E-state index in [0.717, 1.165) is 22.5 Å². The molecule has 0 unspecified atom stereocenters. The van der Waals surface area contributed by atoms with Crippen LogP contribution in [0.4, 0.5) is 0 Å². The van der Waals surface area contributed by atoms with Crippen LogP contribution in [0.2, 0.25) is 0 Å². The molecule has 2 aromatic rings. The van der Waals surface area contributed by atoms with Crippen LogP contribution in [0, 0.1) is 0 Å². The number of benzene rings is 1. The van der Waals surface area contributed by atoms with Gasteiger partial charge in [0.2, 0.25) is 5.88 Å². The van der Waals surface area contributed by atoms with Crippen LogP contribution < -0.4 is 4.87 Å². The van der Waals surface area contributed by atoms with Crippen molar-refractivity contribution in [3.8, 4) is 5.88 Å². The number of nitrogens with one attached hydrogen (secondary N) is 1. The van der Waals surface area contributed by atoms with E-state index >= 15 is 0 Å². The van der Waals surface area contributed by atoms with Crippen molar-refractivity contribution in [2.45, 2.75) is 0 Å². The van der Waals surface area contributed by atoms with Crippen molar-refractivity contribution < 1.29 is 9.90 Å². The number of aromatic nitrogens is 1. The summed E-state index contributed by atoms with van der Waals surface area (Å²) in [5.41, 5.74) is 2.22. The third kappa shape index (κ3) is 2.04. The number of hydrogen-bond donors (Lipinski definition) is 2. The summed E-state index contributed by atoms with van der Waals surface area (Å²) < 4.78 is 0. The minimum atomic E-state index is -0.351. The van der Waals surface area contributed by atoms with E-state index in [1.165, 1.54) is 6.08 Å². The van der Waals surface area contributed by atoms with Gasteiger partial charge in [0.25, 0.3) is 0 Å². The minimum Gasteiger partial charge on any atom is -0.493 e. The van der Waals surface area contributed by atoms with Gasteiger partial charge < -0.3 is 5.11 Å². The number of thiazole rings is 1. The second kappa shape index (κ2) is 4.37. The van der Waals surface area contributed by atoms with Crippen LogP contribution in [-0.4, -0.2) is 15.9 Å². The van der Waals surface area contributed by atoms with Gasteiger partial charge in [-0.25, -0.2) is 0 Å². The Morgan fingerprint density at radius 3 is 2.68 bits per heavy atom. The largest absolute Gasteiger partial charge is 0.493 e. The third-order valence-electron chi connectivity index (χ3n) is 2.86. The van der Waals surface area contributed by atoms with Gasteiger partial charge in [-0.05, 0) is 23.3 Å². The Morgan fingerprint density at radius 1 is 1.16 bits per heavy atom. The SMILES string of the molecule is O=C1C=Cc2ccccc2C1=Cc1sc(=O)[nH]c1O. The third-order valence-corrected chi connectivity index (χ3v) is 3.68. The molecular weight excluding hydrogens is 262 g/mol. The van der Waals surface area contributed by atoms with Gasteiger partial charge in [-0.15, -0.1) is 0 Å². The number of H-pyrrole nitrogens is 1. The summed E-state index contributed by atoms with van der Waals surface area (Å²) in [6.07, 6.45) is 4.79. The first-order chi connectivity index (χ1) is 9.15. The Kier molecular flexibility index (Phi) is 2.68. The van der Waals surface area contributed by atoms with Crippen LogP contribution in [0.5, 0.6) is 5.88 Å². The van der Waals surface area contributed by atoms with E-state index in [1.807, 2.05) is 24.3 Å². The molecule has 94 valence electrons. The van der Waals surface area contributed by atoms with E-state index in [4.69, 9.17) is 0 Å². The zero-order valence-corrected chi connectivity index (χ0v) is 10.5. The lowest BCUT2D eigenvalue weighted by Crippen LogP contribution is -2.04. The van der Waals surface area contributed by atoms with Gasteiger partial charge in [-0.2, -0.15) is 0 Å². The summed E-state index contributed by atoms with van der Waals surface area (Å²) in [4.78, 5) is 25.4. The number of aromatic hydroxyl groups is 1. The maximum atomic E-state index is 12.0. The lowest BCUT2D eigenvalue weighted by Gasteiger charge is -2.12. The molecule has 0 radical (unpaired) electrons. The Hall–Kier alpha value is -2.40. The maximum Gasteiger partial charge on any atom is 0.307 e. The molecule has 1 aromatic carbocycles. The molecule has 19 heavy (non-hydrogen) atoms. The second-order valence-electron chi connectivity index (χ2n) is 4.07. The average molecular weight is 271 g/mol. The molecule has 0 fully saturated rings. The van der Waals surface area contributed by atoms with E-state index in [1.54, 1.807) is 12.2 Å². The molecule has 0 amide bonds. The molecule has 1 aliphatic carbocycles. The van der Waals surface area contributed by atoms with E-state index in [2.05, 4.69) is 4.98 Å². The molecule has 0 atom stereocenters. The highest BCUT2D eigenvalue weighted by molar-refractivity contribution is 7.10. The molecule has 0 saturated heterocycles. The lowest BCUT2D eigenvalue weighted by atomic mass is 9.91. The molecule has 0 saturated carbocycles. The standard InChI is InChI=1S/C14H9NO3S/c16-11-6-5-8-3-1-2-4-9(8)10(11)7-12-13(17)15-14(18)19-12/h1-7,17H,(H,15,18). The van der Waals surface area contributed by atoms with Crippen LogP contribution in [-0.2, 0) is 4.79 Å². The molecule has 0 aliphatic heterocycles. The minimum absolute atomic E-state index is 0.140. The summed E-state index contributed by atoms with van der Waals surface area (Å²) in [6, 6.07) is 7.49. The fraction of sp³-hybridized carbons (Fsp3) is 0. The van der Waals surface area contributed by atoms with Gasteiger partial charge >= 0.3 is 4.87 Å². The molecule has 0 bridgehead atoms. The monoisotopic (exact) mass is 271 g/mol. The van der Waals surface area contributed by atoms with Gasteiger partial charge in [0.05, 0.1) is 4.88 Å². The molecule has 1 aliphatic rings. The zero-order valence-electron chi connectivity index (χ0n) is 9.71. The number of rotatable bonds is 1. The molecule has 4 nitrogen and oxygen atoms in total. The first-order valence-corrected chi connectivity index (χ1v) is 6.42. The van der Waals surface area contributed by atoms with Crippen molar-refractivity contribution in [1.82, 2.24) is 4.98 Å². The van der Waals surface area contributed by atoms with Gasteiger partial charge in [0.15, 0.2) is 5.78 Å². The van der Waals surface area contributed by atoms with Crippen LogP contribution in [0.3, 0.4) is 0 Å². The second-order valence-corrected chi connectivity index (χ2v) is 5.08. The number of aromatic amines is 1. The van der Waals surface area contributed by atoms with Gasteiger partial charge in [-0.1, -0.05) is 41.7 Å². The zero-order chi connectivity index (χ0) is 13.4. The lowest BCUT2D eigenvalue weighted by molar-refractivity contribution is -0.109. The summed E-state index contributed by atoms with van der Waals surface area (Å²) in [5.74, 6) is -0.346. The quantitative estimate of drug-likeness (QED) is 0.782. The molecule has 1 heterocycles. The van der Waals surface area contributed by atoms with Gasteiger partial charge in [0, 0.05) is 5.57 Å². The van der Waals surface area contributed by atoms with Gasteiger partial charge in [0.1, 0.15) is 0 Å². The number of allylic oxidation sites excluding steroid dienone is 2. The van der Waals surface area contributed by atoms with E-state index in [9.17, 15) is 14.7 Å². The molecule has 1 aromatic heterocycles. The molecular formula is C14H9NO3S. The van der Waals surface area contributed by atoms with Crippen molar-refractivity contribution in [1.29, 1.82) is 0 Å². The van der Waals surface area contributed by atoms with E-state index in [-0.39, 0.29) is 16.5 Å². The normalized spacial score (nSPS) is 15.8. The van der Waals surface area contributed by atoms with Crippen molar-refractivity contribution in [2.75, 3.05) is 0 Å². The maximum absolute atomic E-state index is 12.0. The highest BCUT2D eigenvalue weighted by atomic mass is 32.1. The number of ketones is 1. The Balaban J connectivity index is 2.19. The average Bonchev–Trinajstić information content (AvgIpc) is 2.71. The molecule has 0 spiro atoms. The molecule has 5 heteroatoms. The van der Waals surface area contributed by atoms with Gasteiger partial charge in [-0.3, -0.25) is 14.6 Å². The van der Waals surface area contributed by atoms with Crippen molar-refractivity contribution in [3.05, 3.63) is 56.0 Å². The summed E-state index contributed by atoms with van der Waals surface area (Å²) in [6.45, 7) is 0. The fourth-order valence-electron chi connectivity index (χ4n) is 1.99. The Morgan fingerprint density at radius 2 is 1.95 bits per heavy atom. The first kappa shape index (κ1) is 11.7. The van der Waals surface area contributed by atoms with Crippen LogP contribution in [0.25, 0.3) is 17.7 Å². The van der Waals surface area contributed by atoms with Crippen LogP contribution in [0.1, 0.15) is 16.0 Å². The Bertz CT molecular complexity index is 780. The van der Waals surface area contributed by atoms with Crippen molar-refractivity contribution in [3.63, 3.8) is 0 Å². The predicted molar refractivity (Wildman–Crippen MR) is 75.0 cm³/mol. The highest BCUT2D eigenvalue weighted by Crippen LogP contribution is 2.30. The topological polar surface area (TPSA) is 70.2 Å². The molecule has 2 N–H and O–H groups in total. The van der Waals surface area contributed by atoms with E-state index in [0.29, 0.717) is 10.5 Å².